The highest BCUT2D eigenvalue weighted by molar-refractivity contribution is 5.79. The van der Waals surface area contributed by atoms with Crippen LogP contribution in [-0.2, 0) is 6.54 Å². The maximum absolute atomic E-state index is 5.40. The number of rotatable bonds is 9. The third kappa shape index (κ3) is 5.60. The van der Waals surface area contributed by atoms with Crippen LogP contribution in [0.2, 0.25) is 0 Å². The molecule has 0 saturated heterocycles. The first kappa shape index (κ1) is 18.4. The van der Waals surface area contributed by atoms with Gasteiger partial charge in [-0.25, -0.2) is 0 Å². The van der Waals surface area contributed by atoms with Crippen molar-refractivity contribution < 1.29 is 9.47 Å². The smallest absolute Gasteiger partial charge is 0.231 e. The molecular weight excluding hydrogens is 304 g/mol. The Morgan fingerprint density at radius 1 is 1.12 bits per heavy atom. The van der Waals surface area contributed by atoms with E-state index in [1.807, 2.05) is 18.2 Å². The Morgan fingerprint density at radius 2 is 1.92 bits per heavy atom. The van der Waals surface area contributed by atoms with Gasteiger partial charge in [-0.1, -0.05) is 19.9 Å². The molecule has 1 aliphatic rings. The first-order valence-corrected chi connectivity index (χ1v) is 8.82. The van der Waals surface area contributed by atoms with E-state index in [2.05, 4.69) is 34.4 Å². The molecule has 2 rings (SSSR count). The number of hydrogen-bond donors (Lipinski definition) is 2. The van der Waals surface area contributed by atoms with Crippen molar-refractivity contribution in [2.45, 2.75) is 33.2 Å². The maximum Gasteiger partial charge on any atom is 0.231 e. The molecule has 0 saturated carbocycles. The number of hydrogen-bond acceptors (Lipinski definition) is 4. The largest absolute Gasteiger partial charge is 0.454 e. The highest BCUT2D eigenvalue weighted by Gasteiger charge is 2.13. The summed E-state index contributed by atoms with van der Waals surface area (Å²) in [6.07, 6.45) is 2.34. The summed E-state index contributed by atoms with van der Waals surface area (Å²) in [4.78, 5) is 6.72. The van der Waals surface area contributed by atoms with Gasteiger partial charge in [0.15, 0.2) is 17.5 Å². The van der Waals surface area contributed by atoms with Crippen LogP contribution in [0.1, 0.15) is 32.3 Å². The van der Waals surface area contributed by atoms with Gasteiger partial charge in [0, 0.05) is 20.1 Å². The van der Waals surface area contributed by atoms with Crippen LogP contribution >= 0.6 is 0 Å². The number of benzene rings is 1. The van der Waals surface area contributed by atoms with Crippen molar-refractivity contribution in [2.24, 2.45) is 4.99 Å². The second-order valence-corrected chi connectivity index (χ2v) is 5.77. The minimum Gasteiger partial charge on any atom is -0.454 e. The zero-order valence-electron chi connectivity index (χ0n) is 15.1. The van der Waals surface area contributed by atoms with Crippen molar-refractivity contribution in [3.05, 3.63) is 23.8 Å². The number of nitrogens with zero attached hydrogens (tertiary/aromatic N) is 2. The van der Waals surface area contributed by atoms with Gasteiger partial charge in [-0.05, 0) is 50.2 Å². The van der Waals surface area contributed by atoms with E-state index >= 15 is 0 Å². The van der Waals surface area contributed by atoms with Crippen molar-refractivity contribution in [1.29, 1.82) is 0 Å². The lowest BCUT2D eigenvalue weighted by Crippen LogP contribution is -2.37. The first-order valence-electron chi connectivity index (χ1n) is 8.82. The Bertz CT molecular complexity index is 530. The van der Waals surface area contributed by atoms with E-state index in [1.165, 1.54) is 6.42 Å². The number of nitrogens with one attached hydrogen (secondary N) is 2. The van der Waals surface area contributed by atoms with E-state index in [0.29, 0.717) is 13.3 Å². The van der Waals surface area contributed by atoms with E-state index in [0.717, 1.165) is 55.6 Å². The Kier molecular flexibility index (Phi) is 7.68. The monoisotopic (exact) mass is 334 g/mol. The molecular formula is C18H30N4O2. The molecule has 1 aliphatic heterocycles. The van der Waals surface area contributed by atoms with Crippen molar-refractivity contribution in [3.63, 3.8) is 0 Å². The average molecular weight is 334 g/mol. The van der Waals surface area contributed by atoms with Crippen LogP contribution in [0.25, 0.3) is 0 Å². The maximum atomic E-state index is 5.40. The summed E-state index contributed by atoms with van der Waals surface area (Å²) in [5, 5.41) is 6.70. The minimum atomic E-state index is 0.308. The normalized spacial score (nSPS) is 13.4. The quantitative estimate of drug-likeness (QED) is 0.412. The van der Waals surface area contributed by atoms with Gasteiger partial charge in [0.1, 0.15) is 0 Å². The summed E-state index contributed by atoms with van der Waals surface area (Å²) in [6.45, 7) is 9.79. The second kappa shape index (κ2) is 10.0. The number of aliphatic imine (C=N–C) groups is 1. The molecule has 0 aliphatic carbocycles. The van der Waals surface area contributed by atoms with Gasteiger partial charge in [-0.2, -0.15) is 0 Å². The highest BCUT2D eigenvalue weighted by atomic mass is 16.7. The molecule has 0 amide bonds. The van der Waals surface area contributed by atoms with E-state index in [-0.39, 0.29) is 0 Å². The van der Waals surface area contributed by atoms with E-state index in [9.17, 15) is 0 Å². The first-order chi connectivity index (χ1) is 11.8. The van der Waals surface area contributed by atoms with E-state index in [1.54, 1.807) is 7.05 Å². The third-order valence-electron chi connectivity index (χ3n) is 4.21. The van der Waals surface area contributed by atoms with Gasteiger partial charge in [-0.3, -0.25) is 4.99 Å². The fourth-order valence-corrected chi connectivity index (χ4v) is 2.66. The molecule has 2 N–H and O–H groups in total. The minimum absolute atomic E-state index is 0.308. The summed E-state index contributed by atoms with van der Waals surface area (Å²) >= 11 is 0. The van der Waals surface area contributed by atoms with E-state index < -0.39 is 0 Å². The fraction of sp³-hybridized carbons (Fsp3) is 0.611. The summed E-state index contributed by atoms with van der Waals surface area (Å²) < 4.78 is 10.7. The van der Waals surface area contributed by atoms with Crippen molar-refractivity contribution in [3.8, 4) is 11.5 Å². The number of unbranched alkanes of at least 4 members (excludes halogenated alkanes) is 1. The molecule has 1 aromatic rings. The molecule has 134 valence electrons. The molecule has 6 nitrogen and oxygen atoms in total. The van der Waals surface area contributed by atoms with Gasteiger partial charge in [0.05, 0.1) is 0 Å². The molecule has 1 heterocycles. The predicted octanol–water partition coefficient (Wildman–Crippen LogP) is 2.20. The van der Waals surface area contributed by atoms with Crippen LogP contribution < -0.4 is 20.1 Å². The van der Waals surface area contributed by atoms with Gasteiger partial charge in [0.25, 0.3) is 0 Å². The van der Waals surface area contributed by atoms with Crippen LogP contribution in [0.5, 0.6) is 11.5 Å². The molecule has 0 bridgehead atoms. The Morgan fingerprint density at radius 3 is 2.67 bits per heavy atom. The van der Waals surface area contributed by atoms with Crippen LogP contribution in [0.3, 0.4) is 0 Å². The standard InChI is InChI=1S/C18H30N4O2/c1-4-22(5-2)11-7-6-10-20-18(19-3)21-13-15-8-9-16-17(12-15)24-14-23-16/h8-9,12H,4-7,10-11,13-14H2,1-3H3,(H2,19,20,21). The molecule has 0 spiro atoms. The molecule has 6 heteroatoms. The van der Waals surface area contributed by atoms with Gasteiger partial charge >= 0.3 is 0 Å². The summed E-state index contributed by atoms with van der Waals surface area (Å²) in [6, 6.07) is 5.99. The molecule has 0 aromatic heterocycles. The lowest BCUT2D eigenvalue weighted by molar-refractivity contribution is 0.174. The Labute approximate surface area is 145 Å². The fourth-order valence-electron chi connectivity index (χ4n) is 2.66. The van der Waals surface area contributed by atoms with Crippen molar-refractivity contribution in [2.75, 3.05) is 40.0 Å². The molecule has 24 heavy (non-hydrogen) atoms. The van der Waals surface area contributed by atoms with Crippen LogP contribution in [0.15, 0.2) is 23.2 Å². The lowest BCUT2D eigenvalue weighted by atomic mass is 10.2. The predicted molar refractivity (Wildman–Crippen MR) is 97.8 cm³/mol. The summed E-state index contributed by atoms with van der Waals surface area (Å²) in [5.41, 5.74) is 1.14. The summed E-state index contributed by atoms with van der Waals surface area (Å²) in [5.74, 6) is 2.46. The number of fused-ring (bicyclic) bond motifs is 1. The molecule has 0 atom stereocenters. The Hall–Kier alpha value is -1.95. The summed E-state index contributed by atoms with van der Waals surface area (Å²) in [7, 11) is 1.80. The van der Waals surface area contributed by atoms with Crippen LogP contribution in [0, 0.1) is 0 Å². The zero-order valence-corrected chi connectivity index (χ0v) is 15.1. The second-order valence-electron chi connectivity index (χ2n) is 5.77. The molecule has 0 fully saturated rings. The van der Waals surface area contributed by atoms with Gasteiger partial charge < -0.3 is 25.0 Å². The zero-order chi connectivity index (χ0) is 17.2. The highest BCUT2D eigenvalue weighted by Crippen LogP contribution is 2.32. The average Bonchev–Trinajstić information content (AvgIpc) is 3.08. The van der Waals surface area contributed by atoms with Crippen molar-refractivity contribution >= 4 is 5.96 Å². The van der Waals surface area contributed by atoms with Gasteiger partial charge in [0.2, 0.25) is 6.79 Å². The van der Waals surface area contributed by atoms with E-state index in [4.69, 9.17) is 9.47 Å². The van der Waals surface area contributed by atoms with Crippen LogP contribution in [-0.4, -0.2) is 50.9 Å². The lowest BCUT2D eigenvalue weighted by Gasteiger charge is -2.18. The SMILES string of the molecule is CCN(CC)CCCCNC(=NC)NCc1ccc2c(c1)OCO2. The number of ether oxygens (including phenoxy) is 2. The Balaban J connectivity index is 1.65. The molecule has 0 unspecified atom stereocenters. The van der Waals surface area contributed by atoms with Crippen LogP contribution in [0.4, 0.5) is 0 Å². The van der Waals surface area contributed by atoms with Crippen molar-refractivity contribution in [1.82, 2.24) is 15.5 Å². The van der Waals surface area contributed by atoms with Gasteiger partial charge in [-0.15, -0.1) is 0 Å². The third-order valence-corrected chi connectivity index (χ3v) is 4.21. The topological polar surface area (TPSA) is 58.1 Å². The molecule has 1 aromatic carbocycles. The number of guanidine groups is 1. The molecule has 0 radical (unpaired) electrons.